The SMILES string of the molecule is CCOc1cc(/C=C2\SC(=S)N(c3ccc(CC)cc3)C2=O)cc(Cl)c1OCC(=O)Nc1ccc(C)cc1C. The quantitative estimate of drug-likeness (QED) is 0.211. The van der Waals surface area contributed by atoms with Crippen LogP contribution in [0.15, 0.2) is 59.5 Å². The van der Waals surface area contributed by atoms with Crippen LogP contribution in [0.2, 0.25) is 5.02 Å². The minimum atomic E-state index is -0.319. The van der Waals surface area contributed by atoms with Crippen LogP contribution in [-0.4, -0.2) is 29.3 Å². The van der Waals surface area contributed by atoms with Gasteiger partial charge in [0.05, 0.1) is 22.2 Å². The Hall–Kier alpha value is -3.33. The molecule has 1 saturated heterocycles. The average molecular weight is 581 g/mol. The lowest BCUT2D eigenvalue weighted by Crippen LogP contribution is -2.27. The van der Waals surface area contributed by atoms with Crippen molar-refractivity contribution in [3.8, 4) is 11.5 Å². The highest BCUT2D eigenvalue weighted by Gasteiger charge is 2.33. The molecule has 39 heavy (non-hydrogen) atoms. The third-order valence-corrected chi connectivity index (χ3v) is 7.61. The lowest BCUT2D eigenvalue weighted by atomic mass is 10.1. The first-order valence-corrected chi connectivity index (χ1v) is 14.1. The molecule has 202 valence electrons. The standard InChI is InChI=1S/C30H29ClN2O4S2/c1-5-20-8-10-22(11-9-20)33-29(35)26(39-30(33)38)16-21-14-23(31)28(25(15-21)36-6-2)37-17-27(34)32-24-12-7-18(3)13-19(24)4/h7-16H,5-6,17H2,1-4H3,(H,32,34)/b26-16-. The minimum Gasteiger partial charge on any atom is -0.490 e. The van der Waals surface area contributed by atoms with Crippen molar-refractivity contribution in [1.29, 1.82) is 0 Å². The first-order valence-electron chi connectivity index (χ1n) is 12.5. The molecule has 9 heteroatoms. The molecule has 0 aromatic heterocycles. The predicted molar refractivity (Wildman–Crippen MR) is 164 cm³/mol. The number of anilines is 2. The van der Waals surface area contributed by atoms with Gasteiger partial charge in [-0.2, -0.15) is 0 Å². The number of benzene rings is 3. The van der Waals surface area contributed by atoms with E-state index in [2.05, 4.69) is 12.2 Å². The van der Waals surface area contributed by atoms with Crippen LogP contribution in [0.5, 0.6) is 11.5 Å². The number of ether oxygens (including phenoxy) is 2. The lowest BCUT2D eigenvalue weighted by molar-refractivity contribution is -0.118. The second kappa shape index (κ2) is 12.7. The fourth-order valence-corrected chi connectivity index (χ4v) is 5.65. The number of halogens is 1. The summed E-state index contributed by atoms with van der Waals surface area (Å²) >= 11 is 13.3. The van der Waals surface area contributed by atoms with Gasteiger partial charge in [0.1, 0.15) is 0 Å². The summed E-state index contributed by atoms with van der Waals surface area (Å²) in [6.45, 7) is 7.96. The molecule has 6 nitrogen and oxygen atoms in total. The second-order valence-corrected chi connectivity index (χ2v) is 11.0. The van der Waals surface area contributed by atoms with E-state index < -0.39 is 0 Å². The Morgan fingerprint density at radius 2 is 1.82 bits per heavy atom. The minimum absolute atomic E-state index is 0.202. The van der Waals surface area contributed by atoms with Gasteiger partial charge in [0, 0.05) is 5.69 Å². The number of thioether (sulfide) groups is 1. The largest absolute Gasteiger partial charge is 0.490 e. The maximum absolute atomic E-state index is 13.2. The van der Waals surface area contributed by atoms with Gasteiger partial charge in [0.15, 0.2) is 22.4 Å². The number of carbonyl (C=O) groups is 2. The van der Waals surface area contributed by atoms with Gasteiger partial charge in [-0.3, -0.25) is 14.5 Å². The van der Waals surface area contributed by atoms with E-state index in [1.165, 1.54) is 22.2 Å². The molecule has 0 bridgehead atoms. The predicted octanol–water partition coefficient (Wildman–Crippen LogP) is 7.34. The van der Waals surface area contributed by atoms with Gasteiger partial charge in [-0.1, -0.05) is 72.3 Å². The van der Waals surface area contributed by atoms with Crippen LogP contribution in [-0.2, 0) is 16.0 Å². The van der Waals surface area contributed by atoms with Crippen molar-refractivity contribution in [2.45, 2.75) is 34.1 Å². The molecule has 1 fully saturated rings. The van der Waals surface area contributed by atoms with E-state index in [-0.39, 0.29) is 29.2 Å². The molecular weight excluding hydrogens is 552 g/mol. The van der Waals surface area contributed by atoms with Crippen molar-refractivity contribution in [3.05, 3.63) is 86.8 Å². The molecule has 0 spiro atoms. The van der Waals surface area contributed by atoms with Crippen LogP contribution >= 0.6 is 35.6 Å². The van der Waals surface area contributed by atoms with Crippen LogP contribution in [0.25, 0.3) is 6.08 Å². The number of hydrogen-bond donors (Lipinski definition) is 1. The zero-order valence-corrected chi connectivity index (χ0v) is 24.6. The molecule has 1 heterocycles. The smallest absolute Gasteiger partial charge is 0.270 e. The topological polar surface area (TPSA) is 67.9 Å². The van der Waals surface area contributed by atoms with Gasteiger partial charge >= 0.3 is 0 Å². The van der Waals surface area contributed by atoms with E-state index in [9.17, 15) is 9.59 Å². The fourth-order valence-electron chi connectivity index (χ4n) is 4.07. The number of carbonyl (C=O) groups excluding carboxylic acids is 2. The van der Waals surface area contributed by atoms with Crippen LogP contribution < -0.4 is 19.7 Å². The first kappa shape index (κ1) is 28.7. The van der Waals surface area contributed by atoms with Gasteiger partial charge in [-0.25, -0.2) is 0 Å². The van der Waals surface area contributed by atoms with Crippen molar-refractivity contribution in [2.75, 3.05) is 23.4 Å². The first-order chi connectivity index (χ1) is 18.7. The van der Waals surface area contributed by atoms with Crippen molar-refractivity contribution in [3.63, 3.8) is 0 Å². The fraction of sp³-hybridized carbons (Fsp3) is 0.233. The van der Waals surface area contributed by atoms with Crippen LogP contribution in [0.4, 0.5) is 11.4 Å². The van der Waals surface area contributed by atoms with E-state index in [1.54, 1.807) is 18.2 Å². The Labute approximate surface area is 243 Å². The normalized spacial score (nSPS) is 14.2. The number of nitrogens with zero attached hydrogens (tertiary/aromatic N) is 1. The number of thiocarbonyl (C=S) groups is 1. The summed E-state index contributed by atoms with van der Waals surface area (Å²) in [5, 5.41) is 3.12. The second-order valence-electron chi connectivity index (χ2n) is 8.96. The Morgan fingerprint density at radius 3 is 2.49 bits per heavy atom. The number of aryl methyl sites for hydroxylation is 3. The molecule has 0 saturated carbocycles. The van der Waals surface area contributed by atoms with Gasteiger partial charge in [-0.15, -0.1) is 0 Å². The highest BCUT2D eigenvalue weighted by atomic mass is 35.5. The Morgan fingerprint density at radius 1 is 1.08 bits per heavy atom. The molecule has 3 aromatic rings. The maximum atomic E-state index is 13.2. The van der Waals surface area contributed by atoms with E-state index in [1.807, 2.05) is 63.2 Å². The third-order valence-electron chi connectivity index (χ3n) is 6.03. The van der Waals surface area contributed by atoms with Gasteiger partial charge < -0.3 is 14.8 Å². The molecule has 0 unspecified atom stereocenters. The summed E-state index contributed by atoms with van der Waals surface area (Å²) in [7, 11) is 0. The van der Waals surface area contributed by atoms with E-state index in [0.717, 1.165) is 28.9 Å². The Balaban J connectivity index is 1.51. The summed E-state index contributed by atoms with van der Waals surface area (Å²) in [5.74, 6) is 0.114. The summed E-state index contributed by atoms with van der Waals surface area (Å²) < 4.78 is 12.0. The summed E-state index contributed by atoms with van der Waals surface area (Å²) in [4.78, 5) is 27.8. The highest BCUT2D eigenvalue weighted by Crippen LogP contribution is 2.40. The van der Waals surface area contributed by atoms with E-state index >= 15 is 0 Å². The highest BCUT2D eigenvalue weighted by molar-refractivity contribution is 8.27. The molecule has 1 aliphatic rings. The zero-order chi connectivity index (χ0) is 28.1. The molecule has 1 aliphatic heterocycles. The molecule has 3 aromatic carbocycles. The Kier molecular flexibility index (Phi) is 9.32. The number of amides is 2. The van der Waals surface area contributed by atoms with Gasteiger partial charge in [0.25, 0.3) is 11.8 Å². The van der Waals surface area contributed by atoms with E-state index in [4.69, 9.17) is 33.3 Å². The van der Waals surface area contributed by atoms with Gasteiger partial charge in [0.2, 0.25) is 0 Å². The molecule has 0 atom stereocenters. The van der Waals surface area contributed by atoms with Crippen molar-refractivity contribution >= 4 is 69.2 Å². The summed E-state index contributed by atoms with van der Waals surface area (Å²) in [6, 6.07) is 17.0. The molecule has 2 amide bonds. The van der Waals surface area contributed by atoms with Gasteiger partial charge in [-0.05, 0) is 80.3 Å². The number of hydrogen-bond acceptors (Lipinski definition) is 6. The molecule has 0 radical (unpaired) electrons. The Bertz CT molecular complexity index is 1450. The molecule has 0 aliphatic carbocycles. The van der Waals surface area contributed by atoms with Crippen molar-refractivity contribution in [2.24, 2.45) is 0 Å². The molecule has 4 rings (SSSR count). The van der Waals surface area contributed by atoms with E-state index in [0.29, 0.717) is 27.1 Å². The summed E-state index contributed by atoms with van der Waals surface area (Å²) in [5.41, 5.74) is 5.36. The zero-order valence-electron chi connectivity index (χ0n) is 22.2. The molecule has 1 N–H and O–H groups in total. The van der Waals surface area contributed by atoms with Crippen LogP contribution in [0, 0.1) is 13.8 Å². The monoisotopic (exact) mass is 580 g/mol. The van der Waals surface area contributed by atoms with Crippen molar-refractivity contribution in [1.82, 2.24) is 0 Å². The maximum Gasteiger partial charge on any atom is 0.270 e. The molecular formula is C30H29ClN2O4S2. The summed E-state index contributed by atoms with van der Waals surface area (Å²) in [6.07, 6.45) is 2.64. The lowest BCUT2D eigenvalue weighted by Gasteiger charge is -2.15. The average Bonchev–Trinajstić information content (AvgIpc) is 3.17. The third kappa shape index (κ3) is 6.82. The number of rotatable bonds is 9. The van der Waals surface area contributed by atoms with Crippen LogP contribution in [0.3, 0.4) is 0 Å². The van der Waals surface area contributed by atoms with Crippen LogP contribution in [0.1, 0.15) is 36.1 Å². The van der Waals surface area contributed by atoms with Crippen molar-refractivity contribution < 1.29 is 19.1 Å². The number of nitrogens with one attached hydrogen (secondary N) is 1.